The van der Waals surface area contributed by atoms with Gasteiger partial charge in [0, 0.05) is 33.8 Å². The summed E-state index contributed by atoms with van der Waals surface area (Å²) in [4.78, 5) is 25.4. The number of carbonyl (C=O) groups is 2. The van der Waals surface area contributed by atoms with Crippen LogP contribution in [-0.2, 0) is 6.42 Å². The minimum absolute atomic E-state index is 0.272. The molecule has 1 aliphatic carbocycles. The number of halogens is 1. The fourth-order valence-corrected chi connectivity index (χ4v) is 4.04. The first kappa shape index (κ1) is 21.8. The molecular weight excluding hydrogens is 426 g/mol. The van der Waals surface area contributed by atoms with Gasteiger partial charge in [-0.15, -0.1) is 0 Å². The van der Waals surface area contributed by atoms with E-state index in [0.29, 0.717) is 22.7 Å². The van der Waals surface area contributed by atoms with Gasteiger partial charge in [-0.2, -0.15) is 5.10 Å². The highest BCUT2D eigenvalue weighted by atomic mass is 35.5. The predicted molar refractivity (Wildman–Crippen MR) is 126 cm³/mol. The van der Waals surface area contributed by atoms with Crippen molar-refractivity contribution >= 4 is 34.8 Å². The van der Waals surface area contributed by atoms with Gasteiger partial charge in [0.25, 0.3) is 11.8 Å². The number of furan rings is 1. The van der Waals surface area contributed by atoms with Gasteiger partial charge in [-0.1, -0.05) is 29.3 Å². The smallest absolute Gasteiger partial charge is 0.291 e. The molecule has 1 heterocycles. The summed E-state index contributed by atoms with van der Waals surface area (Å²) in [5.41, 5.74) is 8.18. The van der Waals surface area contributed by atoms with Crippen LogP contribution in [0.1, 0.15) is 61.8 Å². The second-order valence-electron chi connectivity index (χ2n) is 7.99. The number of nitrogens with zero attached hydrogens (tertiary/aromatic N) is 1. The number of hydrogen-bond acceptors (Lipinski definition) is 4. The maximum absolute atomic E-state index is 12.9. The quantitative estimate of drug-likeness (QED) is 0.510. The molecule has 0 bridgehead atoms. The molecule has 1 aliphatic rings. The van der Waals surface area contributed by atoms with E-state index in [1.54, 1.807) is 24.3 Å². The molecule has 3 aromatic rings. The molecule has 1 aromatic heterocycles. The van der Waals surface area contributed by atoms with Crippen molar-refractivity contribution in [1.29, 1.82) is 0 Å². The molecule has 164 valence electrons. The molecule has 2 N–H and O–H groups in total. The standard InChI is InChI=1S/C25H24ClN3O3/c1-14-7-12-19(15(2)13-14)27-25(31)23-16(3)22-20(5-4-6-21(22)32-23)28-29-24(30)17-8-10-18(26)11-9-17/h7-13H,4-6H2,1-3H3,(H,27,31)(H,29,30)/b28-20+. The van der Waals surface area contributed by atoms with Crippen LogP contribution in [0.3, 0.4) is 0 Å². The number of hydrogen-bond donors (Lipinski definition) is 2. The van der Waals surface area contributed by atoms with Crippen molar-refractivity contribution in [1.82, 2.24) is 5.43 Å². The third-order valence-electron chi connectivity index (χ3n) is 5.56. The first-order valence-electron chi connectivity index (χ1n) is 10.5. The molecule has 6 nitrogen and oxygen atoms in total. The van der Waals surface area contributed by atoms with Gasteiger partial charge in [0.2, 0.25) is 0 Å². The van der Waals surface area contributed by atoms with Gasteiger partial charge in [-0.05, 0) is 69.5 Å². The van der Waals surface area contributed by atoms with Gasteiger partial charge >= 0.3 is 0 Å². The van der Waals surface area contributed by atoms with Crippen LogP contribution in [0.25, 0.3) is 0 Å². The van der Waals surface area contributed by atoms with Gasteiger partial charge in [0.1, 0.15) is 5.76 Å². The van der Waals surface area contributed by atoms with E-state index in [9.17, 15) is 9.59 Å². The molecule has 4 rings (SSSR count). The second-order valence-corrected chi connectivity index (χ2v) is 8.42. The van der Waals surface area contributed by atoms with E-state index in [1.165, 1.54) is 0 Å². The third kappa shape index (κ3) is 4.46. The van der Waals surface area contributed by atoms with E-state index >= 15 is 0 Å². The SMILES string of the molecule is Cc1ccc(NC(=O)c2oc3c(c2C)/C(=N/NC(=O)c2ccc(Cl)cc2)CCC3)c(C)c1. The second kappa shape index (κ2) is 9.01. The Hall–Kier alpha value is -3.38. The van der Waals surface area contributed by atoms with Crippen molar-refractivity contribution in [2.75, 3.05) is 5.32 Å². The van der Waals surface area contributed by atoms with Crippen LogP contribution < -0.4 is 10.7 Å². The lowest BCUT2D eigenvalue weighted by Crippen LogP contribution is -2.22. The van der Waals surface area contributed by atoms with Crippen LogP contribution in [0.15, 0.2) is 52.0 Å². The molecular formula is C25H24ClN3O3. The molecule has 32 heavy (non-hydrogen) atoms. The first-order valence-corrected chi connectivity index (χ1v) is 10.8. The summed E-state index contributed by atoms with van der Waals surface area (Å²) in [5, 5.41) is 7.86. The maximum atomic E-state index is 12.9. The third-order valence-corrected chi connectivity index (χ3v) is 5.81. The van der Waals surface area contributed by atoms with E-state index in [1.807, 2.05) is 39.0 Å². The maximum Gasteiger partial charge on any atom is 0.291 e. The van der Waals surface area contributed by atoms with Crippen molar-refractivity contribution < 1.29 is 14.0 Å². The highest BCUT2D eigenvalue weighted by Crippen LogP contribution is 2.30. The number of aryl methyl sites for hydroxylation is 3. The minimum Gasteiger partial charge on any atom is -0.455 e. The van der Waals surface area contributed by atoms with E-state index in [2.05, 4.69) is 15.8 Å². The molecule has 0 atom stereocenters. The zero-order valence-electron chi connectivity index (χ0n) is 18.2. The molecule has 0 spiro atoms. The van der Waals surface area contributed by atoms with Crippen LogP contribution in [0.4, 0.5) is 5.69 Å². The molecule has 2 aromatic carbocycles. The topological polar surface area (TPSA) is 83.7 Å². The lowest BCUT2D eigenvalue weighted by molar-refractivity contribution is 0.0953. The van der Waals surface area contributed by atoms with Crippen molar-refractivity contribution in [2.24, 2.45) is 5.10 Å². The molecule has 0 fully saturated rings. The van der Waals surface area contributed by atoms with Gasteiger partial charge in [-0.3, -0.25) is 9.59 Å². The van der Waals surface area contributed by atoms with Gasteiger partial charge in [0.15, 0.2) is 5.76 Å². The van der Waals surface area contributed by atoms with Crippen molar-refractivity contribution in [3.63, 3.8) is 0 Å². The minimum atomic E-state index is -0.324. The van der Waals surface area contributed by atoms with Gasteiger partial charge in [0.05, 0.1) is 5.71 Å². The predicted octanol–water partition coefficient (Wildman–Crippen LogP) is 5.58. The Balaban J connectivity index is 1.57. The van der Waals surface area contributed by atoms with Crippen molar-refractivity contribution in [3.8, 4) is 0 Å². The number of benzene rings is 2. The normalized spacial score (nSPS) is 14.2. The lowest BCUT2D eigenvalue weighted by Gasteiger charge is -2.13. The zero-order chi connectivity index (χ0) is 22.8. The van der Waals surface area contributed by atoms with E-state index in [4.69, 9.17) is 16.0 Å². The zero-order valence-corrected chi connectivity index (χ0v) is 19.0. The lowest BCUT2D eigenvalue weighted by atomic mass is 9.93. The van der Waals surface area contributed by atoms with E-state index < -0.39 is 0 Å². The highest BCUT2D eigenvalue weighted by molar-refractivity contribution is 6.30. The number of amides is 2. The Morgan fingerprint density at radius 1 is 1.00 bits per heavy atom. The Labute approximate surface area is 191 Å². The summed E-state index contributed by atoms with van der Waals surface area (Å²) in [5.74, 6) is 0.372. The number of nitrogens with one attached hydrogen (secondary N) is 2. The van der Waals surface area contributed by atoms with Crippen molar-refractivity contribution in [3.05, 3.63) is 86.8 Å². The number of anilines is 1. The number of hydrazone groups is 1. The average Bonchev–Trinajstić information content (AvgIpc) is 3.12. The Bertz CT molecular complexity index is 1230. The molecule has 0 radical (unpaired) electrons. The molecule has 0 saturated heterocycles. The Morgan fingerprint density at radius 2 is 1.75 bits per heavy atom. The summed E-state index contributed by atoms with van der Waals surface area (Å²) < 4.78 is 5.95. The Morgan fingerprint density at radius 3 is 2.47 bits per heavy atom. The molecule has 2 amide bonds. The largest absolute Gasteiger partial charge is 0.455 e. The Kier molecular flexibility index (Phi) is 6.15. The van der Waals surface area contributed by atoms with Crippen LogP contribution in [0.5, 0.6) is 0 Å². The summed E-state index contributed by atoms with van der Waals surface area (Å²) in [6.45, 7) is 5.81. The van der Waals surface area contributed by atoms with E-state index in [0.717, 1.165) is 46.5 Å². The average molecular weight is 450 g/mol. The first-order chi connectivity index (χ1) is 15.3. The fraction of sp³-hybridized carbons (Fsp3) is 0.240. The molecule has 0 saturated carbocycles. The summed E-state index contributed by atoms with van der Waals surface area (Å²) in [6, 6.07) is 12.5. The van der Waals surface area contributed by atoms with Crippen LogP contribution >= 0.6 is 11.6 Å². The molecule has 0 unspecified atom stereocenters. The molecule has 0 aliphatic heterocycles. The number of carbonyl (C=O) groups excluding carboxylic acids is 2. The van der Waals surface area contributed by atoms with Crippen LogP contribution in [0.2, 0.25) is 5.02 Å². The van der Waals surface area contributed by atoms with Crippen LogP contribution in [-0.4, -0.2) is 17.5 Å². The van der Waals surface area contributed by atoms with Gasteiger partial charge < -0.3 is 9.73 Å². The summed E-state index contributed by atoms with van der Waals surface area (Å²) in [7, 11) is 0. The van der Waals surface area contributed by atoms with Crippen molar-refractivity contribution in [2.45, 2.75) is 40.0 Å². The summed E-state index contributed by atoms with van der Waals surface area (Å²) >= 11 is 5.88. The summed E-state index contributed by atoms with van der Waals surface area (Å²) in [6.07, 6.45) is 2.23. The monoisotopic (exact) mass is 449 g/mol. The van der Waals surface area contributed by atoms with Gasteiger partial charge in [-0.25, -0.2) is 5.43 Å². The number of fused-ring (bicyclic) bond motifs is 1. The highest BCUT2D eigenvalue weighted by Gasteiger charge is 2.28. The number of rotatable bonds is 4. The molecule has 7 heteroatoms. The fourth-order valence-electron chi connectivity index (χ4n) is 3.91. The van der Waals surface area contributed by atoms with Crippen LogP contribution in [0, 0.1) is 20.8 Å². The van der Waals surface area contributed by atoms with E-state index in [-0.39, 0.29) is 17.6 Å².